The first-order valence-corrected chi connectivity index (χ1v) is 16.8. The number of allylic oxidation sites excluding steroid dienone is 2. The summed E-state index contributed by atoms with van der Waals surface area (Å²) in [4.78, 5) is 13.0. The lowest BCUT2D eigenvalue weighted by atomic mass is 9.33. The summed E-state index contributed by atoms with van der Waals surface area (Å²) in [6.07, 6.45) is 19.1. The average Bonchev–Trinajstić information content (AvgIpc) is 2.91. The van der Waals surface area contributed by atoms with Crippen molar-refractivity contribution in [3.63, 3.8) is 0 Å². The van der Waals surface area contributed by atoms with Gasteiger partial charge in [-0.25, -0.2) is 4.79 Å². The lowest BCUT2D eigenvalue weighted by Gasteiger charge is -2.71. The summed E-state index contributed by atoms with van der Waals surface area (Å²) in [6.45, 7) is 20.5. The smallest absolute Gasteiger partial charge is 0.331 e. The molecule has 41 heavy (non-hydrogen) atoms. The second kappa shape index (κ2) is 9.59. The van der Waals surface area contributed by atoms with Gasteiger partial charge in [0.1, 0.15) is 6.10 Å². The van der Waals surface area contributed by atoms with E-state index in [0.717, 1.165) is 24.3 Å². The number of hydrogen-bond acceptors (Lipinski definition) is 2. The molecular formula is C39H56O2. The minimum absolute atomic E-state index is 0.0250. The van der Waals surface area contributed by atoms with Crippen LogP contribution in [0, 0.1) is 50.2 Å². The summed E-state index contributed by atoms with van der Waals surface area (Å²) < 4.78 is 6.24. The number of carbonyl (C=O) groups excluding carboxylic acids is 1. The highest BCUT2D eigenvalue weighted by molar-refractivity contribution is 5.87. The Hall–Kier alpha value is -1.83. The zero-order chi connectivity index (χ0) is 29.5. The Balaban J connectivity index is 1.25. The molecule has 5 aliphatic rings. The Kier molecular flexibility index (Phi) is 6.84. The molecule has 1 aromatic rings. The highest BCUT2D eigenvalue weighted by atomic mass is 16.5. The van der Waals surface area contributed by atoms with E-state index >= 15 is 0 Å². The maximum atomic E-state index is 13.0. The predicted octanol–water partition coefficient (Wildman–Crippen LogP) is 10.4. The fraction of sp³-hybridized carbons (Fsp3) is 0.718. The first kappa shape index (κ1) is 29.3. The van der Waals surface area contributed by atoms with E-state index in [1.165, 1.54) is 51.4 Å². The average molecular weight is 557 g/mol. The Morgan fingerprint density at radius 2 is 1.54 bits per heavy atom. The van der Waals surface area contributed by atoms with Crippen molar-refractivity contribution in [2.75, 3.05) is 0 Å². The van der Waals surface area contributed by atoms with Crippen molar-refractivity contribution in [2.24, 2.45) is 50.2 Å². The number of hydrogen-bond donors (Lipinski definition) is 0. The molecular weight excluding hydrogens is 500 g/mol. The van der Waals surface area contributed by atoms with E-state index < -0.39 is 0 Å². The lowest BCUT2D eigenvalue weighted by Crippen LogP contribution is -2.64. The van der Waals surface area contributed by atoms with Gasteiger partial charge >= 0.3 is 5.97 Å². The molecule has 0 amide bonds. The van der Waals surface area contributed by atoms with Crippen LogP contribution in [0.25, 0.3) is 6.08 Å². The zero-order valence-corrected chi connectivity index (χ0v) is 27.3. The van der Waals surface area contributed by atoms with Gasteiger partial charge in [-0.05, 0) is 121 Å². The quantitative estimate of drug-likeness (QED) is 0.210. The van der Waals surface area contributed by atoms with Crippen LogP contribution in [0.2, 0.25) is 0 Å². The third-order valence-electron chi connectivity index (χ3n) is 14.5. The zero-order valence-electron chi connectivity index (χ0n) is 27.3. The van der Waals surface area contributed by atoms with Crippen LogP contribution in [0.3, 0.4) is 0 Å². The van der Waals surface area contributed by atoms with E-state index in [4.69, 9.17) is 4.74 Å². The normalized spacial score (nSPS) is 44.5. The molecule has 0 heterocycles. The molecule has 2 nitrogen and oxygen atoms in total. The number of carbonyl (C=O) groups is 1. The van der Waals surface area contributed by atoms with Gasteiger partial charge in [0.2, 0.25) is 0 Å². The Morgan fingerprint density at radius 1 is 0.829 bits per heavy atom. The molecule has 4 saturated carbocycles. The number of ether oxygens (including phenoxy) is 1. The van der Waals surface area contributed by atoms with Crippen LogP contribution in [0.15, 0.2) is 48.1 Å². The summed E-state index contributed by atoms with van der Waals surface area (Å²) in [7, 11) is 0. The van der Waals surface area contributed by atoms with Crippen molar-refractivity contribution in [3.05, 3.63) is 53.6 Å². The summed E-state index contributed by atoms with van der Waals surface area (Å²) in [6, 6.07) is 10.0. The maximum absolute atomic E-state index is 13.0. The molecule has 0 saturated heterocycles. The van der Waals surface area contributed by atoms with Gasteiger partial charge in [0.15, 0.2) is 0 Å². The second-order valence-corrected chi connectivity index (χ2v) is 17.4. The Morgan fingerprint density at radius 3 is 2.27 bits per heavy atom. The van der Waals surface area contributed by atoms with E-state index in [0.29, 0.717) is 33.5 Å². The largest absolute Gasteiger partial charge is 0.459 e. The fourth-order valence-corrected chi connectivity index (χ4v) is 11.6. The number of esters is 1. The van der Waals surface area contributed by atoms with E-state index in [-0.39, 0.29) is 22.9 Å². The van der Waals surface area contributed by atoms with Gasteiger partial charge in [0.05, 0.1) is 0 Å². The van der Waals surface area contributed by atoms with E-state index in [1.54, 1.807) is 6.08 Å². The minimum Gasteiger partial charge on any atom is -0.459 e. The summed E-state index contributed by atoms with van der Waals surface area (Å²) in [5.41, 5.74) is 4.72. The van der Waals surface area contributed by atoms with Gasteiger partial charge < -0.3 is 4.74 Å². The van der Waals surface area contributed by atoms with Gasteiger partial charge in [-0.3, -0.25) is 0 Å². The molecule has 8 atom stereocenters. The van der Waals surface area contributed by atoms with Crippen LogP contribution >= 0.6 is 0 Å². The van der Waals surface area contributed by atoms with Crippen molar-refractivity contribution >= 4 is 12.0 Å². The van der Waals surface area contributed by atoms with Crippen LogP contribution in [-0.4, -0.2) is 12.1 Å². The van der Waals surface area contributed by atoms with Crippen LogP contribution in [-0.2, 0) is 9.53 Å². The molecule has 8 unspecified atom stereocenters. The monoisotopic (exact) mass is 556 g/mol. The van der Waals surface area contributed by atoms with E-state index in [1.807, 2.05) is 42.0 Å². The number of fused-ring (bicyclic) bond motifs is 7. The van der Waals surface area contributed by atoms with Crippen molar-refractivity contribution in [3.8, 4) is 0 Å². The van der Waals surface area contributed by atoms with E-state index in [2.05, 4.69) is 61.5 Å². The minimum atomic E-state index is -0.199. The SMILES string of the molecule is CC1(C)CCC2(C)CCC3(C)C(=CCC4C5(C)CCC(OC(=O)C=Cc6ccccc6)C(C)(C)C5CCC43C)C2C1. The lowest BCUT2D eigenvalue weighted by molar-refractivity contribution is -0.210. The third-order valence-corrected chi connectivity index (χ3v) is 14.5. The highest BCUT2D eigenvalue weighted by Gasteiger charge is 2.68. The summed E-state index contributed by atoms with van der Waals surface area (Å²) in [5.74, 6) is 1.81. The van der Waals surface area contributed by atoms with Crippen molar-refractivity contribution in [1.29, 1.82) is 0 Å². The standard InChI is InChI=1S/C39H56O2/c1-34(2)22-23-36(5)24-25-38(7)28(29(36)26-34)15-16-31-37(6)20-19-32(35(3,4)30(37)18-21-39(31,38)8)41-33(40)17-14-27-12-10-9-11-13-27/h9-15,17,29-32H,16,18-26H2,1-8H3. The van der Waals surface area contributed by atoms with Gasteiger partial charge in [-0.15, -0.1) is 0 Å². The van der Waals surface area contributed by atoms with Gasteiger partial charge in [0, 0.05) is 11.5 Å². The molecule has 0 N–H and O–H groups in total. The fourth-order valence-electron chi connectivity index (χ4n) is 11.6. The van der Waals surface area contributed by atoms with Crippen molar-refractivity contribution in [2.45, 2.75) is 126 Å². The van der Waals surface area contributed by atoms with Crippen molar-refractivity contribution < 1.29 is 9.53 Å². The molecule has 0 radical (unpaired) electrons. The highest BCUT2D eigenvalue weighted by Crippen LogP contribution is 2.75. The van der Waals surface area contributed by atoms with Crippen LogP contribution < -0.4 is 0 Å². The number of rotatable bonds is 3. The molecule has 6 rings (SSSR count). The molecule has 4 fully saturated rings. The van der Waals surface area contributed by atoms with Gasteiger partial charge in [0.25, 0.3) is 0 Å². The molecule has 1 aromatic carbocycles. The van der Waals surface area contributed by atoms with Crippen LogP contribution in [0.5, 0.6) is 0 Å². The predicted molar refractivity (Wildman–Crippen MR) is 170 cm³/mol. The Bertz CT molecular complexity index is 1240. The molecule has 5 aliphatic carbocycles. The molecule has 224 valence electrons. The maximum Gasteiger partial charge on any atom is 0.331 e. The van der Waals surface area contributed by atoms with E-state index in [9.17, 15) is 4.79 Å². The first-order chi connectivity index (χ1) is 19.1. The third kappa shape index (κ3) is 4.43. The van der Waals surface area contributed by atoms with Gasteiger partial charge in [-0.1, -0.05) is 97.4 Å². The molecule has 0 spiro atoms. The molecule has 0 aromatic heterocycles. The summed E-state index contributed by atoms with van der Waals surface area (Å²) in [5, 5.41) is 0. The molecule has 0 aliphatic heterocycles. The van der Waals surface area contributed by atoms with Crippen LogP contribution in [0.4, 0.5) is 0 Å². The second-order valence-electron chi connectivity index (χ2n) is 17.4. The first-order valence-electron chi connectivity index (χ1n) is 16.8. The Labute approximate surface area is 250 Å². The molecule has 2 heteroatoms. The topological polar surface area (TPSA) is 26.3 Å². The molecule has 0 bridgehead atoms. The number of benzene rings is 1. The van der Waals surface area contributed by atoms with Crippen LogP contribution in [0.1, 0.15) is 125 Å². The van der Waals surface area contributed by atoms with Crippen molar-refractivity contribution in [1.82, 2.24) is 0 Å². The van der Waals surface area contributed by atoms with Gasteiger partial charge in [-0.2, -0.15) is 0 Å². The summed E-state index contributed by atoms with van der Waals surface area (Å²) >= 11 is 0.